The van der Waals surface area contributed by atoms with Gasteiger partial charge >= 0.3 is 0 Å². The van der Waals surface area contributed by atoms with Crippen LogP contribution in [-0.4, -0.2) is 15.0 Å². The van der Waals surface area contributed by atoms with E-state index < -0.39 is 4.92 Å². The number of nitro groups is 1. The van der Waals surface area contributed by atoms with Gasteiger partial charge in [-0.1, -0.05) is 12.1 Å². The Hall–Kier alpha value is -2.01. The van der Waals surface area contributed by atoms with Crippen molar-refractivity contribution in [2.45, 2.75) is 6.61 Å². The van der Waals surface area contributed by atoms with Crippen LogP contribution in [0.2, 0.25) is 0 Å². The Morgan fingerprint density at radius 1 is 1.40 bits per heavy atom. The zero-order chi connectivity index (χ0) is 10.8. The lowest BCUT2D eigenvalue weighted by Crippen LogP contribution is -1.90. The van der Waals surface area contributed by atoms with E-state index in [0.29, 0.717) is 10.9 Å². The van der Waals surface area contributed by atoms with E-state index in [2.05, 4.69) is 4.98 Å². The van der Waals surface area contributed by atoms with Crippen molar-refractivity contribution in [1.29, 1.82) is 0 Å². The van der Waals surface area contributed by atoms with Crippen LogP contribution in [0.15, 0.2) is 30.5 Å². The highest BCUT2D eigenvalue weighted by Crippen LogP contribution is 2.19. The maximum atomic E-state index is 10.5. The molecular weight excluding hydrogens is 196 g/mol. The van der Waals surface area contributed by atoms with Gasteiger partial charge in [-0.05, 0) is 11.6 Å². The molecule has 0 aliphatic rings. The largest absolute Gasteiger partial charge is 0.392 e. The Balaban J connectivity index is 2.59. The smallest absolute Gasteiger partial charge is 0.288 e. The van der Waals surface area contributed by atoms with Crippen molar-refractivity contribution < 1.29 is 10.0 Å². The van der Waals surface area contributed by atoms with Crippen LogP contribution in [0.4, 0.5) is 5.69 Å². The summed E-state index contributed by atoms with van der Waals surface area (Å²) in [6, 6.07) is 6.59. The summed E-state index contributed by atoms with van der Waals surface area (Å²) < 4.78 is 0. The standard InChI is InChI=1S/C10H8N2O3/c13-6-7-1-2-8-4-9(12(14)15)5-11-10(8)3-7/h1-5,13H,6H2. The summed E-state index contributed by atoms with van der Waals surface area (Å²) >= 11 is 0. The maximum Gasteiger partial charge on any atom is 0.288 e. The second-order valence-corrected chi connectivity index (χ2v) is 3.14. The Morgan fingerprint density at radius 3 is 2.87 bits per heavy atom. The van der Waals surface area contributed by atoms with Crippen LogP contribution in [-0.2, 0) is 6.61 Å². The summed E-state index contributed by atoms with van der Waals surface area (Å²) in [7, 11) is 0. The van der Waals surface area contributed by atoms with Crippen molar-refractivity contribution in [3.63, 3.8) is 0 Å². The molecular formula is C10H8N2O3. The van der Waals surface area contributed by atoms with Crippen LogP contribution in [0.3, 0.4) is 0 Å². The highest BCUT2D eigenvalue weighted by Gasteiger charge is 2.07. The minimum absolute atomic E-state index is 0.0285. The fraction of sp³-hybridized carbons (Fsp3) is 0.100. The first kappa shape index (κ1) is 9.54. The van der Waals surface area contributed by atoms with Gasteiger partial charge in [-0.3, -0.25) is 10.1 Å². The van der Waals surface area contributed by atoms with Crippen molar-refractivity contribution in [1.82, 2.24) is 4.98 Å². The van der Waals surface area contributed by atoms with Crippen LogP contribution in [0.1, 0.15) is 5.56 Å². The number of fused-ring (bicyclic) bond motifs is 1. The molecule has 0 spiro atoms. The summed E-state index contributed by atoms with van der Waals surface area (Å²) in [6.45, 7) is -0.0609. The zero-order valence-corrected chi connectivity index (χ0v) is 7.75. The van der Waals surface area contributed by atoms with Crippen molar-refractivity contribution in [3.8, 4) is 0 Å². The van der Waals surface area contributed by atoms with Gasteiger partial charge in [0.05, 0.1) is 17.0 Å². The average molecular weight is 204 g/mol. The molecule has 76 valence electrons. The van der Waals surface area contributed by atoms with E-state index in [-0.39, 0.29) is 12.3 Å². The van der Waals surface area contributed by atoms with Crippen LogP contribution >= 0.6 is 0 Å². The molecule has 2 aromatic rings. The number of aromatic nitrogens is 1. The first-order chi connectivity index (χ1) is 7.20. The lowest BCUT2D eigenvalue weighted by molar-refractivity contribution is -0.385. The molecule has 1 N–H and O–H groups in total. The van der Waals surface area contributed by atoms with Gasteiger partial charge in [0.2, 0.25) is 0 Å². The first-order valence-electron chi connectivity index (χ1n) is 4.34. The second-order valence-electron chi connectivity index (χ2n) is 3.14. The number of nitrogens with zero attached hydrogens (tertiary/aromatic N) is 2. The van der Waals surface area contributed by atoms with Gasteiger partial charge in [0.1, 0.15) is 6.20 Å². The Morgan fingerprint density at radius 2 is 2.20 bits per heavy atom. The molecule has 0 unspecified atom stereocenters. The van der Waals surface area contributed by atoms with Gasteiger partial charge in [0.15, 0.2) is 0 Å². The normalized spacial score (nSPS) is 10.5. The number of aliphatic hydroxyl groups is 1. The molecule has 1 heterocycles. The van der Waals surface area contributed by atoms with E-state index in [0.717, 1.165) is 5.56 Å². The fourth-order valence-electron chi connectivity index (χ4n) is 1.35. The van der Waals surface area contributed by atoms with E-state index >= 15 is 0 Å². The molecule has 0 saturated heterocycles. The molecule has 0 bridgehead atoms. The summed E-state index contributed by atoms with van der Waals surface area (Å²) in [6.07, 6.45) is 1.21. The molecule has 5 heteroatoms. The molecule has 2 rings (SSSR count). The van der Waals surface area contributed by atoms with Crippen molar-refractivity contribution in [2.75, 3.05) is 0 Å². The third kappa shape index (κ3) is 1.77. The van der Waals surface area contributed by atoms with Gasteiger partial charge < -0.3 is 5.11 Å². The average Bonchev–Trinajstić information content (AvgIpc) is 2.27. The van der Waals surface area contributed by atoms with Crippen LogP contribution in [0, 0.1) is 10.1 Å². The number of pyridine rings is 1. The third-order valence-corrected chi connectivity index (χ3v) is 2.13. The predicted octanol–water partition coefficient (Wildman–Crippen LogP) is 1.64. The van der Waals surface area contributed by atoms with E-state index in [9.17, 15) is 10.1 Å². The monoisotopic (exact) mass is 204 g/mol. The lowest BCUT2D eigenvalue weighted by Gasteiger charge is -1.99. The molecule has 0 radical (unpaired) electrons. The van der Waals surface area contributed by atoms with Crippen molar-refractivity contribution in [2.24, 2.45) is 0 Å². The quantitative estimate of drug-likeness (QED) is 0.595. The summed E-state index contributed by atoms with van der Waals surface area (Å²) in [5.74, 6) is 0. The number of hydrogen-bond acceptors (Lipinski definition) is 4. The van der Waals surface area contributed by atoms with Gasteiger partial charge in [-0.15, -0.1) is 0 Å². The van der Waals surface area contributed by atoms with E-state index in [4.69, 9.17) is 5.11 Å². The highest BCUT2D eigenvalue weighted by molar-refractivity contribution is 5.81. The first-order valence-corrected chi connectivity index (χ1v) is 4.34. The van der Waals surface area contributed by atoms with Gasteiger partial charge in [-0.2, -0.15) is 0 Å². The SMILES string of the molecule is O=[N+]([O-])c1cnc2cc(CO)ccc2c1. The molecule has 0 fully saturated rings. The number of benzene rings is 1. The zero-order valence-electron chi connectivity index (χ0n) is 7.75. The van der Waals surface area contributed by atoms with E-state index in [1.165, 1.54) is 12.3 Å². The van der Waals surface area contributed by atoms with Crippen LogP contribution < -0.4 is 0 Å². The Kier molecular flexibility index (Phi) is 2.31. The van der Waals surface area contributed by atoms with Crippen LogP contribution in [0.25, 0.3) is 10.9 Å². The Bertz CT molecular complexity index is 525. The van der Waals surface area contributed by atoms with Gasteiger partial charge in [0.25, 0.3) is 5.69 Å². The predicted molar refractivity (Wildman–Crippen MR) is 54.3 cm³/mol. The van der Waals surface area contributed by atoms with E-state index in [1.807, 2.05) is 0 Å². The number of aliphatic hydroxyl groups excluding tert-OH is 1. The topological polar surface area (TPSA) is 76.3 Å². The molecule has 0 aliphatic heterocycles. The van der Waals surface area contributed by atoms with Crippen LogP contribution in [0.5, 0.6) is 0 Å². The Labute approximate surface area is 85.1 Å². The van der Waals surface area contributed by atoms with Gasteiger partial charge in [-0.25, -0.2) is 4.98 Å². The minimum atomic E-state index is -0.480. The van der Waals surface area contributed by atoms with Gasteiger partial charge in [0, 0.05) is 11.5 Å². The molecule has 0 amide bonds. The molecule has 0 aliphatic carbocycles. The molecule has 1 aromatic heterocycles. The fourth-order valence-corrected chi connectivity index (χ4v) is 1.35. The summed E-state index contributed by atoms with van der Waals surface area (Å²) in [5, 5.41) is 20.1. The summed E-state index contributed by atoms with van der Waals surface area (Å²) in [5.41, 5.74) is 1.36. The second kappa shape index (κ2) is 3.62. The lowest BCUT2D eigenvalue weighted by atomic mass is 10.1. The van der Waals surface area contributed by atoms with E-state index in [1.54, 1.807) is 18.2 Å². The van der Waals surface area contributed by atoms with Crippen molar-refractivity contribution >= 4 is 16.6 Å². The maximum absolute atomic E-state index is 10.5. The molecule has 5 nitrogen and oxygen atoms in total. The number of rotatable bonds is 2. The summed E-state index contributed by atoms with van der Waals surface area (Å²) in [4.78, 5) is 14.0. The minimum Gasteiger partial charge on any atom is -0.392 e. The van der Waals surface area contributed by atoms with Crippen molar-refractivity contribution in [3.05, 3.63) is 46.1 Å². The highest BCUT2D eigenvalue weighted by atomic mass is 16.6. The third-order valence-electron chi connectivity index (χ3n) is 2.13. The molecule has 0 saturated carbocycles. The molecule has 0 atom stereocenters. The molecule has 1 aromatic carbocycles. The molecule has 15 heavy (non-hydrogen) atoms. The number of hydrogen-bond donors (Lipinski definition) is 1.